The third-order valence-electron chi connectivity index (χ3n) is 3.70. The van der Waals surface area contributed by atoms with Gasteiger partial charge in [-0.25, -0.2) is 4.39 Å². The summed E-state index contributed by atoms with van der Waals surface area (Å²) in [5, 5.41) is 4.91. The molecule has 0 aliphatic rings. The summed E-state index contributed by atoms with van der Waals surface area (Å²) < 4.78 is 18.7. The highest BCUT2D eigenvalue weighted by atomic mass is 32.1. The predicted molar refractivity (Wildman–Crippen MR) is 97.4 cm³/mol. The molecule has 5 heteroatoms. The van der Waals surface area contributed by atoms with Crippen LogP contribution in [-0.4, -0.2) is 12.5 Å². The third-order valence-corrected chi connectivity index (χ3v) is 4.63. The number of ether oxygens (including phenoxy) is 1. The van der Waals surface area contributed by atoms with Gasteiger partial charge in [-0.2, -0.15) is 0 Å². The maximum absolute atomic E-state index is 13.2. The highest BCUT2D eigenvalue weighted by Crippen LogP contribution is 2.26. The molecule has 3 rings (SSSR count). The van der Waals surface area contributed by atoms with Crippen molar-refractivity contribution in [3.05, 3.63) is 87.9 Å². The lowest BCUT2D eigenvalue weighted by Gasteiger charge is -2.18. The predicted octanol–water partition coefficient (Wildman–Crippen LogP) is 4.48. The molecule has 0 fully saturated rings. The number of amides is 1. The van der Waals surface area contributed by atoms with Crippen molar-refractivity contribution in [2.24, 2.45) is 0 Å². The van der Waals surface area contributed by atoms with Gasteiger partial charge in [-0.05, 0) is 53.8 Å². The Labute approximate surface area is 150 Å². The average Bonchev–Trinajstić information content (AvgIpc) is 3.13. The lowest BCUT2D eigenvalue weighted by Crippen LogP contribution is -2.32. The topological polar surface area (TPSA) is 38.3 Å². The second kappa shape index (κ2) is 7.94. The van der Waals surface area contributed by atoms with Crippen LogP contribution in [0.2, 0.25) is 0 Å². The van der Waals surface area contributed by atoms with E-state index in [4.69, 9.17) is 4.74 Å². The van der Waals surface area contributed by atoms with E-state index in [9.17, 15) is 9.18 Å². The second-order valence-electron chi connectivity index (χ2n) is 5.67. The molecule has 0 aliphatic heterocycles. The molecule has 0 saturated carbocycles. The highest BCUT2D eigenvalue weighted by molar-refractivity contribution is 7.10. The van der Waals surface area contributed by atoms with Gasteiger partial charge in [-0.3, -0.25) is 4.79 Å². The van der Waals surface area contributed by atoms with Gasteiger partial charge in [0.05, 0.1) is 6.04 Å². The summed E-state index contributed by atoms with van der Waals surface area (Å²) in [7, 11) is 0. The van der Waals surface area contributed by atoms with E-state index in [2.05, 4.69) is 5.32 Å². The molecule has 1 N–H and O–H groups in total. The summed E-state index contributed by atoms with van der Waals surface area (Å²) in [4.78, 5) is 13.3. The lowest BCUT2D eigenvalue weighted by atomic mass is 10.1. The van der Waals surface area contributed by atoms with Crippen molar-refractivity contribution >= 4 is 17.2 Å². The molecule has 128 valence electrons. The van der Waals surface area contributed by atoms with Gasteiger partial charge < -0.3 is 10.1 Å². The first-order valence-electron chi connectivity index (χ1n) is 7.89. The van der Waals surface area contributed by atoms with Gasteiger partial charge >= 0.3 is 0 Å². The fourth-order valence-corrected chi connectivity index (χ4v) is 3.29. The van der Waals surface area contributed by atoms with Gasteiger partial charge in [0.1, 0.15) is 11.6 Å². The van der Waals surface area contributed by atoms with E-state index in [-0.39, 0.29) is 24.4 Å². The van der Waals surface area contributed by atoms with Crippen molar-refractivity contribution in [3.8, 4) is 5.75 Å². The van der Waals surface area contributed by atoms with Crippen molar-refractivity contribution in [2.45, 2.75) is 13.0 Å². The lowest BCUT2D eigenvalue weighted by molar-refractivity contribution is -0.123. The first kappa shape index (κ1) is 17.2. The van der Waals surface area contributed by atoms with Crippen LogP contribution in [0.3, 0.4) is 0 Å². The van der Waals surface area contributed by atoms with Crippen LogP contribution < -0.4 is 10.1 Å². The standard InChI is InChI=1S/C20H18FNO2S/c1-14-4-2-5-17(12-14)24-13-19(23)22-20(18-6-3-11-25-18)15-7-9-16(21)10-8-15/h2-12,20H,13H2,1H3,(H,22,23)/t20-/m1/s1. The SMILES string of the molecule is Cc1cccc(OCC(=O)N[C@H](c2ccc(F)cc2)c2cccs2)c1. The van der Waals surface area contributed by atoms with Gasteiger partial charge in [-0.15, -0.1) is 11.3 Å². The maximum Gasteiger partial charge on any atom is 0.258 e. The maximum atomic E-state index is 13.2. The van der Waals surface area contributed by atoms with Crippen LogP contribution in [0, 0.1) is 12.7 Å². The minimum absolute atomic E-state index is 0.0769. The molecule has 1 amide bonds. The Hall–Kier alpha value is -2.66. The zero-order valence-electron chi connectivity index (χ0n) is 13.7. The van der Waals surface area contributed by atoms with Gasteiger partial charge in [0.2, 0.25) is 0 Å². The first-order valence-corrected chi connectivity index (χ1v) is 8.77. The summed E-state index contributed by atoms with van der Waals surface area (Å²) >= 11 is 1.54. The fourth-order valence-electron chi connectivity index (χ4n) is 2.49. The minimum atomic E-state index is -0.325. The number of aryl methyl sites for hydroxylation is 1. The van der Waals surface area contributed by atoms with E-state index in [0.717, 1.165) is 16.0 Å². The molecule has 3 nitrogen and oxygen atoms in total. The molecule has 1 aromatic heterocycles. The van der Waals surface area contributed by atoms with Crippen LogP contribution in [0.5, 0.6) is 5.75 Å². The fraction of sp³-hybridized carbons (Fsp3) is 0.150. The molecule has 2 aromatic carbocycles. The van der Waals surface area contributed by atoms with Crippen molar-refractivity contribution in [2.75, 3.05) is 6.61 Å². The van der Waals surface area contributed by atoms with E-state index in [1.165, 1.54) is 23.5 Å². The van der Waals surface area contributed by atoms with Crippen LogP contribution in [-0.2, 0) is 4.79 Å². The van der Waals surface area contributed by atoms with Crippen LogP contribution in [0.1, 0.15) is 22.0 Å². The zero-order chi connectivity index (χ0) is 17.6. The summed E-state index contributed by atoms with van der Waals surface area (Å²) in [6, 6.07) is 17.2. The van der Waals surface area contributed by atoms with Crippen molar-refractivity contribution in [3.63, 3.8) is 0 Å². The Morgan fingerprint density at radius 2 is 1.96 bits per heavy atom. The molecule has 1 heterocycles. The van der Waals surface area contributed by atoms with E-state index in [1.807, 2.05) is 48.7 Å². The summed E-state index contributed by atoms with van der Waals surface area (Å²) in [5.41, 5.74) is 1.90. The van der Waals surface area contributed by atoms with Gasteiger partial charge in [0.25, 0.3) is 5.91 Å². The number of carbonyl (C=O) groups excluding carboxylic acids is 1. The summed E-state index contributed by atoms with van der Waals surface area (Å²) in [6.07, 6.45) is 0. The Bertz CT molecular complexity index is 831. The van der Waals surface area contributed by atoms with Crippen LogP contribution in [0.25, 0.3) is 0 Å². The van der Waals surface area contributed by atoms with E-state index >= 15 is 0 Å². The van der Waals surface area contributed by atoms with Crippen LogP contribution >= 0.6 is 11.3 Å². The molecule has 0 bridgehead atoms. The Balaban J connectivity index is 1.69. The minimum Gasteiger partial charge on any atom is -0.484 e. The third kappa shape index (κ3) is 4.67. The van der Waals surface area contributed by atoms with E-state index in [0.29, 0.717) is 5.75 Å². The number of halogens is 1. The molecule has 0 unspecified atom stereocenters. The molecule has 0 saturated heterocycles. The summed E-state index contributed by atoms with van der Waals surface area (Å²) in [6.45, 7) is 1.89. The molecule has 3 aromatic rings. The number of hydrogen-bond donors (Lipinski definition) is 1. The Morgan fingerprint density at radius 1 is 1.16 bits per heavy atom. The zero-order valence-corrected chi connectivity index (χ0v) is 14.6. The monoisotopic (exact) mass is 355 g/mol. The van der Waals surface area contributed by atoms with Crippen LogP contribution in [0.15, 0.2) is 66.0 Å². The average molecular weight is 355 g/mol. The van der Waals surface area contributed by atoms with Crippen molar-refractivity contribution in [1.29, 1.82) is 0 Å². The molecular weight excluding hydrogens is 337 g/mol. The van der Waals surface area contributed by atoms with Crippen molar-refractivity contribution in [1.82, 2.24) is 5.32 Å². The van der Waals surface area contributed by atoms with Gasteiger partial charge in [0, 0.05) is 4.88 Å². The van der Waals surface area contributed by atoms with Crippen molar-refractivity contribution < 1.29 is 13.9 Å². The summed E-state index contributed by atoms with van der Waals surface area (Å²) in [5.74, 6) is 0.122. The highest BCUT2D eigenvalue weighted by Gasteiger charge is 2.18. The molecule has 0 aliphatic carbocycles. The Morgan fingerprint density at radius 3 is 2.64 bits per heavy atom. The molecule has 0 radical (unpaired) electrons. The molecule has 0 spiro atoms. The van der Waals surface area contributed by atoms with E-state index in [1.54, 1.807) is 12.1 Å². The normalized spacial score (nSPS) is 11.8. The number of benzene rings is 2. The largest absolute Gasteiger partial charge is 0.484 e. The quantitative estimate of drug-likeness (QED) is 0.708. The van der Waals surface area contributed by atoms with Crippen LogP contribution in [0.4, 0.5) is 4.39 Å². The Kier molecular flexibility index (Phi) is 5.46. The smallest absolute Gasteiger partial charge is 0.258 e. The van der Waals surface area contributed by atoms with Gasteiger partial charge in [-0.1, -0.05) is 30.3 Å². The number of thiophene rings is 1. The van der Waals surface area contributed by atoms with E-state index < -0.39 is 0 Å². The number of rotatable bonds is 6. The number of carbonyl (C=O) groups is 1. The number of nitrogens with one attached hydrogen (secondary N) is 1. The molecule has 1 atom stereocenters. The molecule has 25 heavy (non-hydrogen) atoms. The second-order valence-corrected chi connectivity index (χ2v) is 6.65. The van der Waals surface area contributed by atoms with Gasteiger partial charge in [0.15, 0.2) is 6.61 Å². The molecular formula is C20H18FNO2S. The number of hydrogen-bond acceptors (Lipinski definition) is 3. The first-order chi connectivity index (χ1) is 12.1.